The Kier molecular flexibility index (Phi) is 5.12. The van der Waals surface area contributed by atoms with Gasteiger partial charge in [-0.2, -0.15) is 0 Å². The maximum atomic E-state index is 11.9. The number of anilines is 1. The summed E-state index contributed by atoms with van der Waals surface area (Å²) < 4.78 is 56.8. The lowest BCUT2D eigenvalue weighted by Crippen LogP contribution is -2.30. The summed E-state index contributed by atoms with van der Waals surface area (Å²) in [6.45, 7) is 1.33. The van der Waals surface area contributed by atoms with E-state index in [4.69, 9.17) is 16.1 Å². The van der Waals surface area contributed by atoms with Gasteiger partial charge in [-0.15, -0.1) is 11.3 Å². The van der Waals surface area contributed by atoms with Crippen molar-refractivity contribution in [3.05, 3.63) is 28.3 Å². The number of hydrogen-bond donors (Lipinski definition) is 2. The lowest BCUT2D eigenvalue weighted by atomic mass is 10.5. The van der Waals surface area contributed by atoms with Crippen molar-refractivity contribution < 1.29 is 21.4 Å². The molecule has 22 heavy (non-hydrogen) atoms. The Balaban J connectivity index is 1.92. The van der Waals surface area contributed by atoms with Crippen molar-refractivity contribution in [2.75, 3.05) is 17.0 Å². The van der Waals surface area contributed by atoms with E-state index in [0.29, 0.717) is 10.1 Å². The highest BCUT2D eigenvalue weighted by atomic mass is 35.5. The zero-order chi connectivity index (χ0) is 16.4. The zero-order valence-corrected chi connectivity index (χ0v) is 14.4. The summed E-state index contributed by atoms with van der Waals surface area (Å²) in [5.74, 6) is 0.0513. The van der Waals surface area contributed by atoms with E-state index in [0.717, 1.165) is 11.3 Å². The van der Waals surface area contributed by atoms with Crippen molar-refractivity contribution in [1.29, 1.82) is 0 Å². The van der Waals surface area contributed by atoms with E-state index in [9.17, 15) is 16.8 Å². The molecule has 2 N–H and O–H groups in total. The van der Waals surface area contributed by atoms with Gasteiger partial charge in [-0.25, -0.2) is 21.6 Å². The van der Waals surface area contributed by atoms with Crippen LogP contribution in [-0.4, -0.2) is 34.3 Å². The Morgan fingerprint density at radius 3 is 2.59 bits per heavy atom. The molecule has 0 spiro atoms. The van der Waals surface area contributed by atoms with E-state index in [1.54, 1.807) is 6.92 Å². The number of thiophene rings is 1. The van der Waals surface area contributed by atoms with Crippen LogP contribution in [0.5, 0.6) is 0 Å². The number of aromatic nitrogens is 1. The van der Waals surface area contributed by atoms with E-state index < -0.39 is 25.8 Å². The molecule has 2 rings (SSSR count). The van der Waals surface area contributed by atoms with Gasteiger partial charge in [0.25, 0.3) is 0 Å². The molecule has 0 bridgehead atoms. The number of hydrogen-bond acceptors (Lipinski definition) is 7. The van der Waals surface area contributed by atoms with Crippen molar-refractivity contribution in [3.8, 4) is 0 Å². The van der Waals surface area contributed by atoms with Gasteiger partial charge in [0.15, 0.2) is 5.82 Å². The molecule has 0 saturated heterocycles. The van der Waals surface area contributed by atoms with Crippen LogP contribution in [0.4, 0.5) is 5.82 Å². The summed E-state index contributed by atoms with van der Waals surface area (Å²) in [4.78, 5) is 0. The Hall–Kier alpha value is -1.14. The quantitative estimate of drug-likeness (QED) is 0.744. The summed E-state index contributed by atoms with van der Waals surface area (Å²) in [7, 11) is -7.52. The first kappa shape index (κ1) is 17.2. The fourth-order valence-corrected chi connectivity index (χ4v) is 5.02. The highest BCUT2D eigenvalue weighted by Crippen LogP contribution is 2.25. The topological polar surface area (TPSA) is 118 Å². The average Bonchev–Trinajstić information content (AvgIpc) is 2.97. The van der Waals surface area contributed by atoms with Crippen LogP contribution in [0.2, 0.25) is 4.34 Å². The number of halogens is 1. The minimum Gasteiger partial charge on any atom is -0.360 e. The minimum absolute atomic E-state index is 0.0231. The molecule has 0 aliphatic rings. The second kappa shape index (κ2) is 6.54. The van der Waals surface area contributed by atoms with Gasteiger partial charge in [0.2, 0.25) is 20.0 Å². The van der Waals surface area contributed by atoms with Crippen molar-refractivity contribution in [1.82, 2.24) is 9.88 Å². The largest absolute Gasteiger partial charge is 0.360 e. The number of sulfonamides is 2. The van der Waals surface area contributed by atoms with Crippen molar-refractivity contribution in [2.45, 2.75) is 11.1 Å². The van der Waals surface area contributed by atoms with Crippen LogP contribution in [0.1, 0.15) is 5.76 Å². The Morgan fingerprint density at radius 2 is 2.05 bits per heavy atom. The molecule has 8 nitrogen and oxygen atoms in total. The third-order valence-electron chi connectivity index (χ3n) is 2.36. The highest BCUT2D eigenvalue weighted by Gasteiger charge is 2.19. The van der Waals surface area contributed by atoms with E-state index in [-0.39, 0.29) is 16.6 Å². The smallest absolute Gasteiger partial charge is 0.250 e. The summed E-state index contributed by atoms with van der Waals surface area (Å²) in [5.41, 5.74) is 0. The van der Waals surface area contributed by atoms with Crippen LogP contribution < -0.4 is 9.44 Å². The molecule has 0 radical (unpaired) electrons. The first-order valence-electron chi connectivity index (χ1n) is 5.87. The summed E-state index contributed by atoms with van der Waals surface area (Å²) >= 11 is 6.56. The second-order valence-corrected chi connectivity index (χ2v) is 9.75. The molecule has 2 aromatic rings. The van der Waals surface area contributed by atoms with Gasteiger partial charge in [0, 0.05) is 12.6 Å². The Morgan fingerprint density at radius 1 is 1.32 bits per heavy atom. The molecular weight excluding hydrogens is 374 g/mol. The standard InChI is InChI=1S/C10H12ClN3O5S3/c1-7-6-9(13-19-7)14-21(15,16)5-4-12-22(17,18)10-3-2-8(11)20-10/h2-3,6,12H,4-5H2,1H3,(H,13,14). The van der Waals surface area contributed by atoms with E-state index in [1.165, 1.54) is 18.2 Å². The SMILES string of the molecule is Cc1cc(NS(=O)(=O)CCNS(=O)(=O)c2ccc(Cl)s2)no1. The maximum Gasteiger partial charge on any atom is 0.250 e. The average molecular weight is 386 g/mol. The van der Waals surface area contributed by atoms with E-state index in [2.05, 4.69) is 14.6 Å². The van der Waals surface area contributed by atoms with Gasteiger partial charge < -0.3 is 4.52 Å². The molecule has 0 aliphatic carbocycles. The van der Waals surface area contributed by atoms with Gasteiger partial charge in [-0.05, 0) is 19.1 Å². The monoisotopic (exact) mass is 385 g/mol. The molecular formula is C10H12ClN3O5S3. The molecule has 2 heterocycles. The molecule has 0 amide bonds. The third-order valence-corrected chi connectivity index (χ3v) is 6.81. The summed E-state index contributed by atoms with van der Waals surface area (Å²) in [6, 6.07) is 4.21. The summed E-state index contributed by atoms with van der Waals surface area (Å²) in [6.07, 6.45) is 0. The van der Waals surface area contributed by atoms with Gasteiger partial charge in [-0.3, -0.25) is 4.72 Å². The molecule has 12 heteroatoms. The molecule has 122 valence electrons. The number of nitrogens with zero attached hydrogens (tertiary/aromatic N) is 1. The van der Waals surface area contributed by atoms with Crippen LogP contribution in [-0.2, 0) is 20.0 Å². The molecule has 2 aromatic heterocycles. The molecule has 0 saturated carbocycles. The zero-order valence-electron chi connectivity index (χ0n) is 11.2. The fourth-order valence-electron chi connectivity index (χ4n) is 1.45. The number of rotatable bonds is 7. The van der Waals surface area contributed by atoms with Crippen LogP contribution in [0.25, 0.3) is 0 Å². The minimum atomic E-state index is -3.77. The van der Waals surface area contributed by atoms with Crippen LogP contribution >= 0.6 is 22.9 Å². The van der Waals surface area contributed by atoms with Crippen molar-refractivity contribution >= 4 is 48.8 Å². The summed E-state index contributed by atoms with van der Waals surface area (Å²) in [5, 5.41) is 3.49. The lowest BCUT2D eigenvalue weighted by Gasteiger charge is -2.06. The van der Waals surface area contributed by atoms with Crippen LogP contribution in [0, 0.1) is 6.92 Å². The Bertz CT molecular complexity index is 856. The number of nitrogens with one attached hydrogen (secondary N) is 2. The maximum absolute atomic E-state index is 11.9. The molecule has 0 unspecified atom stereocenters. The molecule has 0 atom stereocenters. The third kappa shape index (κ3) is 4.68. The molecule has 0 aromatic carbocycles. The molecule has 0 fully saturated rings. The first-order chi connectivity index (χ1) is 10.2. The first-order valence-corrected chi connectivity index (χ1v) is 10.2. The predicted molar refractivity (Wildman–Crippen MR) is 83.2 cm³/mol. The Labute approximate surface area is 136 Å². The van der Waals surface area contributed by atoms with E-state index in [1.807, 2.05) is 0 Å². The molecule has 0 aliphatic heterocycles. The van der Waals surface area contributed by atoms with Gasteiger partial charge >= 0.3 is 0 Å². The second-order valence-electron chi connectivity index (χ2n) is 4.20. The van der Waals surface area contributed by atoms with Crippen molar-refractivity contribution in [2.24, 2.45) is 0 Å². The van der Waals surface area contributed by atoms with Crippen LogP contribution in [0.15, 0.2) is 26.9 Å². The van der Waals surface area contributed by atoms with Gasteiger partial charge in [0.05, 0.1) is 10.1 Å². The number of aryl methyl sites for hydroxylation is 1. The van der Waals surface area contributed by atoms with E-state index >= 15 is 0 Å². The van der Waals surface area contributed by atoms with Gasteiger partial charge in [0.1, 0.15) is 9.97 Å². The van der Waals surface area contributed by atoms with Gasteiger partial charge in [-0.1, -0.05) is 16.8 Å². The highest BCUT2D eigenvalue weighted by molar-refractivity contribution is 7.93. The normalized spacial score (nSPS) is 12.5. The predicted octanol–water partition coefficient (Wildman–Crippen LogP) is 1.42. The van der Waals surface area contributed by atoms with Crippen LogP contribution in [0.3, 0.4) is 0 Å². The lowest BCUT2D eigenvalue weighted by molar-refractivity contribution is 0.400. The van der Waals surface area contributed by atoms with Crippen molar-refractivity contribution in [3.63, 3.8) is 0 Å². The fraction of sp³-hybridized carbons (Fsp3) is 0.300.